The van der Waals surface area contributed by atoms with Crippen molar-refractivity contribution in [3.05, 3.63) is 53.5 Å². The highest BCUT2D eigenvalue weighted by Crippen LogP contribution is 2.26. The average Bonchev–Trinajstić information content (AvgIpc) is 3.26. The van der Waals surface area contributed by atoms with Crippen LogP contribution in [0.4, 0.5) is 0 Å². The first-order chi connectivity index (χ1) is 12.1. The van der Waals surface area contributed by atoms with Gasteiger partial charge in [0.15, 0.2) is 6.61 Å². The van der Waals surface area contributed by atoms with E-state index in [1.807, 2.05) is 50.2 Å². The van der Waals surface area contributed by atoms with Crippen LogP contribution in [0.2, 0.25) is 0 Å². The van der Waals surface area contributed by atoms with Crippen LogP contribution in [0.3, 0.4) is 0 Å². The number of nitrogens with one attached hydrogen (secondary N) is 1. The Morgan fingerprint density at radius 3 is 2.72 bits per heavy atom. The summed E-state index contributed by atoms with van der Waals surface area (Å²) >= 11 is 0. The molecule has 3 rings (SSSR count). The lowest BCUT2D eigenvalue weighted by Crippen LogP contribution is -2.38. The highest BCUT2D eigenvalue weighted by Gasteiger charge is 2.26. The summed E-state index contributed by atoms with van der Waals surface area (Å²) in [4.78, 5) is 14.5. The molecule has 5 heteroatoms. The van der Waals surface area contributed by atoms with Gasteiger partial charge in [0.2, 0.25) is 0 Å². The summed E-state index contributed by atoms with van der Waals surface area (Å²) in [5.41, 5.74) is 1.11. The third-order valence-electron chi connectivity index (χ3n) is 4.52. The number of carbonyl (C=O) groups excluding carboxylic acids is 1. The van der Waals surface area contributed by atoms with Crippen molar-refractivity contribution < 1.29 is 13.9 Å². The largest absolute Gasteiger partial charge is 0.484 e. The van der Waals surface area contributed by atoms with Crippen LogP contribution in [0.1, 0.15) is 36.0 Å². The van der Waals surface area contributed by atoms with Crippen LogP contribution in [0, 0.1) is 13.8 Å². The first-order valence-corrected chi connectivity index (χ1v) is 8.88. The number of carbonyl (C=O) groups is 1. The van der Waals surface area contributed by atoms with Gasteiger partial charge in [0.25, 0.3) is 5.91 Å². The summed E-state index contributed by atoms with van der Waals surface area (Å²) in [5, 5.41) is 2.99. The van der Waals surface area contributed by atoms with Gasteiger partial charge in [-0.3, -0.25) is 9.69 Å². The number of ether oxygens (including phenoxy) is 1. The average molecular weight is 342 g/mol. The van der Waals surface area contributed by atoms with Crippen LogP contribution in [0.25, 0.3) is 0 Å². The lowest BCUT2D eigenvalue weighted by atomic mass is 10.2. The molecule has 0 radical (unpaired) electrons. The molecule has 2 heterocycles. The number of nitrogens with zero attached hydrogens (tertiary/aromatic N) is 1. The summed E-state index contributed by atoms with van der Waals surface area (Å²) in [7, 11) is 0. The van der Waals surface area contributed by atoms with Crippen molar-refractivity contribution in [1.82, 2.24) is 10.2 Å². The van der Waals surface area contributed by atoms with E-state index in [-0.39, 0.29) is 18.6 Å². The molecule has 0 spiro atoms. The number of likely N-dealkylation sites (tertiary alicyclic amines) is 1. The molecule has 1 atom stereocenters. The molecule has 5 nitrogen and oxygen atoms in total. The van der Waals surface area contributed by atoms with Gasteiger partial charge in [-0.15, -0.1) is 0 Å². The quantitative estimate of drug-likeness (QED) is 0.839. The van der Waals surface area contributed by atoms with Gasteiger partial charge in [-0.2, -0.15) is 0 Å². The molecular formula is C20H26N2O3. The molecule has 1 aliphatic heterocycles. The molecule has 0 aliphatic carbocycles. The fourth-order valence-electron chi connectivity index (χ4n) is 3.21. The van der Waals surface area contributed by atoms with Crippen LogP contribution in [-0.2, 0) is 4.79 Å². The molecule has 1 fully saturated rings. The van der Waals surface area contributed by atoms with Crippen LogP contribution < -0.4 is 10.1 Å². The zero-order chi connectivity index (χ0) is 17.6. The highest BCUT2D eigenvalue weighted by atomic mass is 16.5. The van der Waals surface area contributed by atoms with Gasteiger partial charge in [-0.05, 0) is 69.6 Å². The Bertz CT molecular complexity index is 704. The number of benzene rings is 1. The number of rotatable bonds is 7. The van der Waals surface area contributed by atoms with Crippen molar-refractivity contribution in [3.8, 4) is 5.75 Å². The second-order valence-corrected chi connectivity index (χ2v) is 6.62. The van der Waals surface area contributed by atoms with Crippen molar-refractivity contribution in [2.45, 2.75) is 32.7 Å². The molecule has 1 aromatic carbocycles. The van der Waals surface area contributed by atoms with E-state index >= 15 is 0 Å². The van der Waals surface area contributed by atoms with Crippen molar-refractivity contribution in [2.75, 3.05) is 26.2 Å². The van der Waals surface area contributed by atoms with E-state index in [4.69, 9.17) is 9.15 Å². The topological polar surface area (TPSA) is 54.7 Å². The Morgan fingerprint density at radius 1 is 1.24 bits per heavy atom. The molecule has 134 valence electrons. The molecule has 1 aliphatic rings. The van der Waals surface area contributed by atoms with Crippen molar-refractivity contribution >= 4 is 5.91 Å². The van der Waals surface area contributed by atoms with Crippen molar-refractivity contribution in [3.63, 3.8) is 0 Å². The number of amides is 1. The van der Waals surface area contributed by atoms with Gasteiger partial charge in [0.05, 0.1) is 6.04 Å². The maximum atomic E-state index is 12.2. The number of hydrogen-bond acceptors (Lipinski definition) is 4. The zero-order valence-electron chi connectivity index (χ0n) is 15.0. The fourth-order valence-corrected chi connectivity index (χ4v) is 3.21. The second kappa shape index (κ2) is 8.21. The van der Waals surface area contributed by atoms with Gasteiger partial charge in [0.1, 0.15) is 17.3 Å². The van der Waals surface area contributed by atoms with Gasteiger partial charge < -0.3 is 14.5 Å². The van der Waals surface area contributed by atoms with E-state index < -0.39 is 0 Å². The molecule has 0 bridgehead atoms. The smallest absolute Gasteiger partial charge is 0.258 e. The lowest BCUT2D eigenvalue weighted by molar-refractivity contribution is -0.123. The first-order valence-electron chi connectivity index (χ1n) is 8.88. The molecule has 1 unspecified atom stereocenters. The Morgan fingerprint density at radius 2 is 2.04 bits per heavy atom. The highest BCUT2D eigenvalue weighted by molar-refractivity contribution is 5.77. The molecule has 1 N–H and O–H groups in total. The molecule has 1 saturated heterocycles. The van der Waals surface area contributed by atoms with Crippen LogP contribution in [0.15, 0.2) is 40.8 Å². The molecule has 1 aromatic heterocycles. The van der Waals surface area contributed by atoms with E-state index in [2.05, 4.69) is 10.2 Å². The molecule has 2 aromatic rings. The first kappa shape index (κ1) is 17.5. The summed E-state index contributed by atoms with van der Waals surface area (Å²) in [5.74, 6) is 2.41. The van der Waals surface area contributed by atoms with Crippen molar-refractivity contribution in [2.24, 2.45) is 0 Å². The Labute approximate surface area is 149 Å². The van der Waals surface area contributed by atoms with Gasteiger partial charge >= 0.3 is 0 Å². The predicted molar refractivity (Wildman–Crippen MR) is 96.7 cm³/mol. The van der Waals surface area contributed by atoms with E-state index in [9.17, 15) is 4.79 Å². The second-order valence-electron chi connectivity index (χ2n) is 6.62. The van der Waals surface area contributed by atoms with Crippen molar-refractivity contribution in [1.29, 1.82) is 0 Å². The molecule has 1 amide bonds. The third kappa shape index (κ3) is 4.86. The Kier molecular flexibility index (Phi) is 5.76. The van der Waals surface area contributed by atoms with E-state index in [0.717, 1.165) is 30.2 Å². The standard InChI is InChI=1S/C20H26N2O3/c1-15-6-5-7-17(12-15)24-14-20(23)21-13-18(22-10-3-4-11-22)19-9-8-16(2)25-19/h5-9,12,18H,3-4,10-11,13-14H2,1-2H3,(H,21,23). The van der Waals surface area contributed by atoms with E-state index in [1.165, 1.54) is 12.8 Å². The maximum Gasteiger partial charge on any atom is 0.258 e. The van der Waals surface area contributed by atoms with Crippen LogP contribution >= 0.6 is 0 Å². The molecule has 0 saturated carbocycles. The van der Waals surface area contributed by atoms with E-state index in [0.29, 0.717) is 12.3 Å². The maximum absolute atomic E-state index is 12.2. The molecule has 25 heavy (non-hydrogen) atoms. The zero-order valence-corrected chi connectivity index (χ0v) is 15.0. The van der Waals surface area contributed by atoms with Gasteiger partial charge in [0, 0.05) is 6.54 Å². The van der Waals surface area contributed by atoms with Gasteiger partial charge in [-0.1, -0.05) is 12.1 Å². The number of hydrogen-bond donors (Lipinski definition) is 1. The van der Waals surface area contributed by atoms with E-state index in [1.54, 1.807) is 0 Å². The lowest BCUT2D eigenvalue weighted by Gasteiger charge is -2.26. The monoisotopic (exact) mass is 342 g/mol. The van der Waals surface area contributed by atoms with Crippen LogP contribution in [-0.4, -0.2) is 37.0 Å². The minimum absolute atomic E-state index is 0.0212. The SMILES string of the molecule is Cc1cccc(OCC(=O)NCC(c2ccc(C)o2)N2CCCC2)c1. The summed E-state index contributed by atoms with van der Waals surface area (Å²) < 4.78 is 11.4. The minimum atomic E-state index is -0.117. The van der Waals surface area contributed by atoms with Gasteiger partial charge in [-0.25, -0.2) is 0 Å². The fraction of sp³-hybridized carbons (Fsp3) is 0.450. The Balaban J connectivity index is 1.54. The summed E-state index contributed by atoms with van der Waals surface area (Å²) in [6.07, 6.45) is 2.39. The Hall–Kier alpha value is -2.27. The normalized spacial score (nSPS) is 15.9. The number of furan rings is 1. The summed E-state index contributed by atoms with van der Waals surface area (Å²) in [6, 6.07) is 11.8. The summed E-state index contributed by atoms with van der Waals surface area (Å²) in [6.45, 7) is 6.58. The predicted octanol–water partition coefficient (Wildman–Crippen LogP) is 3.23. The molecular weight excluding hydrogens is 316 g/mol. The minimum Gasteiger partial charge on any atom is -0.484 e. The van der Waals surface area contributed by atoms with Crippen LogP contribution in [0.5, 0.6) is 5.75 Å². The number of aryl methyl sites for hydroxylation is 2. The third-order valence-corrected chi connectivity index (χ3v) is 4.52.